The molecule has 0 radical (unpaired) electrons. The average molecular weight is 272 g/mol. The van der Waals surface area contributed by atoms with Crippen molar-refractivity contribution in [2.45, 2.75) is 0 Å². The minimum absolute atomic E-state index is 0.0313. The van der Waals surface area contributed by atoms with Crippen molar-refractivity contribution in [3.63, 3.8) is 0 Å². The normalized spacial score (nSPS) is 9.39. The summed E-state index contributed by atoms with van der Waals surface area (Å²) in [5, 5.41) is 4.50. The Balaban J connectivity index is 3.02. The monoisotopic (exact) mass is 271 g/mol. The fourth-order valence-electron chi connectivity index (χ4n) is 0.980. The molecule has 8 nitrogen and oxygen atoms in total. The van der Waals surface area contributed by atoms with E-state index in [1.165, 1.54) is 6.08 Å². The Labute approximate surface area is 107 Å². The van der Waals surface area contributed by atoms with E-state index >= 15 is 0 Å². The highest BCUT2D eigenvalue weighted by molar-refractivity contribution is 6.33. The van der Waals surface area contributed by atoms with E-state index in [1.54, 1.807) is 0 Å². The van der Waals surface area contributed by atoms with Crippen LogP contribution in [0.25, 0.3) is 0 Å². The van der Waals surface area contributed by atoms with Crippen LogP contribution in [0.4, 0.5) is 17.5 Å². The van der Waals surface area contributed by atoms with Gasteiger partial charge in [0.2, 0.25) is 18.8 Å². The van der Waals surface area contributed by atoms with Gasteiger partial charge in [0.05, 0.1) is 6.61 Å². The van der Waals surface area contributed by atoms with Crippen LogP contribution in [0.15, 0.2) is 12.7 Å². The number of carbonyl (C=O) groups is 2. The Morgan fingerprint density at radius 3 is 2.61 bits per heavy atom. The van der Waals surface area contributed by atoms with E-state index in [4.69, 9.17) is 16.4 Å². The van der Waals surface area contributed by atoms with Crippen LogP contribution in [-0.2, 0) is 14.4 Å². The van der Waals surface area contributed by atoms with Crippen molar-refractivity contribution in [3.8, 4) is 0 Å². The van der Waals surface area contributed by atoms with E-state index in [1.807, 2.05) is 0 Å². The zero-order chi connectivity index (χ0) is 13.4. The van der Waals surface area contributed by atoms with Crippen LogP contribution in [-0.4, -0.2) is 29.4 Å². The highest BCUT2D eigenvalue weighted by Crippen LogP contribution is 2.28. The van der Waals surface area contributed by atoms with E-state index in [-0.39, 0.29) is 29.2 Å². The lowest BCUT2D eigenvalue weighted by atomic mass is 10.5. The van der Waals surface area contributed by atoms with Crippen molar-refractivity contribution >= 4 is 41.9 Å². The van der Waals surface area contributed by atoms with Crippen molar-refractivity contribution in [3.05, 3.63) is 17.8 Å². The fraction of sp³-hybridized carbons (Fsp3) is 0.111. The number of nitrogens with one attached hydrogen (secondary N) is 3. The van der Waals surface area contributed by atoms with Gasteiger partial charge in [-0.05, 0) is 0 Å². The van der Waals surface area contributed by atoms with Gasteiger partial charge in [0.25, 0.3) is 0 Å². The number of anilines is 3. The third kappa shape index (κ3) is 3.68. The first-order valence-corrected chi connectivity index (χ1v) is 5.07. The SMILES string of the molecule is C=CCONc1nc(NC=O)nc(Cl)c1NC=O. The maximum Gasteiger partial charge on any atom is 0.232 e. The Hall–Kier alpha value is -2.19. The van der Waals surface area contributed by atoms with Crippen molar-refractivity contribution < 1.29 is 14.4 Å². The minimum Gasteiger partial charge on any atom is -0.323 e. The van der Waals surface area contributed by atoms with Crippen LogP contribution in [0.3, 0.4) is 0 Å². The molecule has 1 aromatic heterocycles. The van der Waals surface area contributed by atoms with Gasteiger partial charge in [-0.1, -0.05) is 17.7 Å². The molecule has 0 fully saturated rings. The highest BCUT2D eigenvalue weighted by atomic mass is 35.5. The van der Waals surface area contributed by atoms with Gasteiger partial charge in [0.15, 0.2) is 11.0 Å². The van der Waals surface area contributed by atoms with Crippen molar-refractivity contribution in [1.29, 1.82) is 0 Å². The highest BCUT2D eigenvalue weighted by Gasteiger charge is 2.12. The molecule has 0 aliphatic rings. The molecule has 18 heavy (non-hydrogen) atoms. The predicted molar refractivity (Wildman–Crippen MR) is 66.2 cm³/mol. The molecule has 96 valence electrons. The summed E-state index contributed by atoms with van der Waals surface area (Å²) in [6.07, 6.45) is 2.32. The van der Waals surface area contributed by atoms with E-state index in [9.17, 15) is 9.59 Å². The van der Waals surface area contributed by atoms with Crippen LogP contribution in [0, 0.1) is 0 Å². The van der Waals surface area contributed by atoms with Crippen molar-refractivity contribution in [2.75, 3.05) is 22.7 Å². The number of hydrogen-bond donors (Lipinski definition) is 3. The number of hydrogen-bond acceptors (Lipinski definition) is 6. The van der Waals surface area contributed by atoms with Gasteiger partial charge in [0, 0.05) is 0 Å². The van der Waals surface area contributed by atoms with Crippen LogP contribution in [0.1, 0.15) is 0 Å². The lowest BCUT2D eigenvalue weighted by Crippen LogP contribution is -2.11. The zero-order valence-electron chi connectivity index (χ0n) is 9.14. The maximum atomic E-state index is 10.4. The first-order chi connectivity index (χ1) is 8.72. The average Bonchev–Trinajstić information content (AvgIpc) is 2.34. The quantitative estimate of drug-likeness (QED) is 0.212. The summed E-state index contributed by atoms with van der Waals surface area (Å²) in [6, 6.07) is 0. The topological polar surface area (TPSA) is 105 Å². The summed E-state index contributed by atoms with van der Waals surface area (Å²) in [7, 11) is 0. The number of carbonyl (C=O) groups excluding carboxylic acids is 2. The van der Waals surface area contributed by atoms with E-state index in [2.05, 4.69) is 32.7 Å². The molecule has 0 atom stereocenters. The smallest absolute Gasteiger partial charge is 0.232 e. The molecule has 0 aromatic carbocycles. The Morgan fingerprint density at radius 1 is 1.28 bits per heavy atom. The summed E-state index contributed by atoms with van der Waals surface area (Å²) in [4.78, 5) is 33.3. The van der Waals surface area contributed by atoms with Gasteiger partial charge in [-0.2, -0.15) is 9.97 Å². The Kier molecular flexibility index (Phi) is 5.55. The standard InChI is InChI=1S/C9H10ClN5O3/c1-2-3-18-15-8-6(11-4-16)7(10)13-9(14-8)12-5-17/h2,4-5H,1,3H2,(H,11,16)(H2,12,13,14,15,17). The molecule has 0 saturated heterocycles. The second-order valence-corrected chi connectivity index (χ2v) is 3.15. The lowest BCUT2D eigenvalue weighted by Gasteiger charge is -2.11. The number of nitrogens with zero attached hydrogens (tertiary/aromatic N) is 2. The molecule has 3 N–H and O–H groups in total. The van der Waals surface area contributed by atoms with Crippen molar-refractivity contribution in [2.24, 2.45) is 0 Å². The Morgan fingerprint density at radius 2 is 2.00 bits per heavy atom. The van der Waals surface area contributed by atoms with Gasteiger partial charge in [0.1, 0.15) is 5.69 Å². The molecule has 1 aromatic rings. The minimum atomic E-state index is -0.0499. The number of rotatable bonds is 8. The second kappa shape index (κ2) is 7.20. The summed E-state index contributed by atoms with van der Waals surface area (Å²) in [6.45, 7) is 3.67. The van der Waals surface area contributed by atoms with E-state index in [0.717, 1.165) is 0 Å². The van der Waals surface area contributed by atoms with Crippen LogP contribution in [0.5, 0.6) is 0 Å². The third-order valence-corrected chi connectivity index (χ3v) is 1.90. The van der Waals surface area contributed by atoms with Crippen LogP contribution in [0.2, 0.25) is 5.15 Å². The summed E-state index contributed by atoms with van der Waals surface area (Å²) in [5.74, 6) is 0.0736. The lowest BCUT2D eigenvalue weighted by molar-refractivity contribution is -0.106. The van der Waals surface area contributed by atoms with Gasteiger partial charge in [-0.3, -0.25) is 19.7 Å². The molecular formula is C9H10ClN5O3. The molecule has 9 heteroatoms. The number of amides is 2. The van der Waals surface area contributed by atoms with Gasteiger partial charge < -0.3 is 5.32 Å². The molecule has 0 bridgehead atoms. The van der Waals surface area contributed by atoms with Gasteiger partial charge in [-0.15, -0.1) is 6.58 Å². The molecule has 2 amide bonds. The number of aromatic nitrogens is 2. The van der Waals surface area contributed by atoms with E-state index < -0.39 is 0 Å². The molecule has 0 spiro atoms. The second-order valence-electron chi connectivity index (χ2n) is 2.79. The third-order valence-electron chi connectivity index (χ3n) is 1.63. The molecule has 0 saturated carbocycles. The van der Waals surface area contributed by atoms with Crippen molar-refractivity contribution in [1.82, 2.24) is 9.97 Å². The molecule has 1 rings (SSSR count). The molecule has 0 aliphatic heterocycles. The van der Waals surface area contributed by atoms with E-state index in [0.29, 0.717) is 12.8 Å². The molecule has 0 unspecified atom stereocenters. The molecule has 0 aliphatic carbocycles. The molecule has 1 heterocycles. The largest absolute Gasteiger partial charge is 0.323 e. The van der Waals surface area contributed by atoms with Gasteiger partial charge >= 0.3 is 0 Å². The van der Waals surface area contributed by atoms with Crippen LogP contribution >= 0.6 is 11.6 Å². The van der Waals surface area contributed by atoms with Gasteiger partial charge in [-0.25, -0.2) is 5.48 Å². The fourth-order valence-corrected chi connectivity index (χ4v) is 1.20. The summed E-state index contributed by atoms with van der Waals surface area (Å²) < 4.78 is 0. The van der Waals surface area contributed by atoms with Crippen LogP contribution < -0.4 is 16.1 Å². The maximum absolute atomic E-state index is 10.4. The summed E-state index contributed by atoms with van der Waals surface area (Å²) in [5.41, 5.74) is 2.59. The first-order valence-electron chi connectivity index (χ1n) is 4.69. The number of halogens is 1. The Bertz CT molecular complexity index is 454. The first kappa shape index (κ1) is 13.9. The predicted octanol–water partition coefficient (Wildman–Crippen LogP) is 0.796. The zero-order valence-corrected chi connectivity index (χ0v) is 9.90. The molecular weight excluding hydrogens is 262 g/mol. The summed E-state index contributed by atoms with van der Waals surface area (Å²) >= 11 is 5.82.